The maximum absolute atomic E-state index is 12.2. The molecule has 6 nitrogen and oxygen atoms in total. The van der Waals surface area contributed by atoms with Crippen molar-refractivity contribution in [1.29, 1.82) is 0 Å². The first-order valence-electron chi connectivity index (χ1n) is 7.50. The van der Waals surface area contributed by atoms with Gasteiger partial charge in [-0.15, -0.1) is 0 Å². The Morgan fingerprint density at radius 2 is 1.67 bits per heavy atom. The molecule has 134 valence electrons. The number of hydrogen-bond donors (Lipinski definition) is 2. The molecule has 0 aliphatic rings. The van der Waals surface area contributed by atoms with Gasteiger partial charge in [0.2, 0.25) is 11.0 Å². The fourth-order valence-corrected chi connectivity index (χ4v) is 3.79. The highest BCUT2D eigenvalue weighted by molar-refractivity contribution is 9.10. The first kappa shape index (κ1) is 19.7. The van der Waals surface area contributed by atoms with E-state index in [0.717, 1.165) is 11.5 Å². The molecule has 0 fully saturated rings. The van der Waals surface area contributed by atoms with Crippen LogP contribution in [0, 0.1) is 0 Å². The smallest absolute Gasteiger partial charge is 0.230 e. The molecule has 0 bridgehead atoms. The predicted octanol–water partition coefficient (Wildman–Crippen LogP) is 2.41. The van der Waals surface area contributed by atoms with E-state index in [-0.39, 0.29) is 24.2 Å². The molecule has 24 heavy (non-hydrogen) atoms. The molecular weight excluding hydrogens is 418 g/mol. The number of aliphatic hydroxyl groups is 2. The van der Waals surface area contributed by atoms with Crippen molar-refractivity contribution in [3.05, 3.63) is 27.0 Å². The molecule has 9 heteroatoms. The Morgan fingerprint density at radius 1 is 1.04 bits per heavy atom. The summed E-state index contributed by atoms with van der Waals surface area (Å²) in [5.41, 5.74) is 0.399. The molecule has 0 saturated carbocycles. The zero-order valence-corrected chi connectivity index (χ0v) is 16.3. The summed E-state index contributed by atoms with van der Waals surface area (Å²) < 4.78 is 11.7. The Hall–Kier alpha value is -0.610. The summed E-state index contributed by atoms with van der Waals surface area (Å²) in [4.78, 5) is 14.2. The van der Waals surface area contributed by atoms with Gasteiger partial charge < -0.3 is 23.9 Å². The third kappa shape index (κ3) is 5.45. The van der Waals surface area contributed by atoms with Gasteiger partial charge in [0, 0.05) is 36.1 Å². The summed E-state index contributed by atoms with van der Waals surface area (Å²) in [6, 6.07) is 1.45. The fourth-order valence-electron chi connectivity index (χ4n) is 2.07. The number of furan rings is 1. The maximum atomic E-state index is 12.2. The number of thioether (sulfide) groups is 2. The number of fused-ring (bicyclic) bond motifs is 1. The number of nitrogens with zero attached hydrogens (tertiary/aromatic N) is 1. The van der Waals surface area contributed by atoms with Crippen LogP contribution in [0.1, 0.15) is 0 Å². The van der Waals surface area contributed by atoms with E-state index in [4.69, 9.17) is 19.0 Å². The van der Waals surface area contributed by atoms with Crippen LogP contribution >= 0.6 is 39.5 Å². The van der Waals surface area contributed by atoms with Gasteiger partial charge in [-0.1, -0.05) is 0 Å². The van der Waals surface area contributed by atoms with Crippen molar-refractivity contribution in [2.24, 2.45) is 0 Å². The molecule has 0 radical (unpaired) electrons. The molecular formula is C15H20BrNO5S2. The molecule has 0 aliphatic carbocycles. The third-order valence-corrected chi connectivity index (χ3v) is 5.61. The van der Waals surface area contributed by atoms with E-state index in [0.29, 0.717) is 40.5 Å². The van der Waals surface area contributed by atoms with Crippen LogP contribution in [0.5, 0.6) is 0 Å². The lowest BCUT2D eigenvalue weighted by Gasteiger charge is -2.22. The number of halogens is 1. The number of aliphatic hydroxyl groups excluding tert-OH is 2. The van der Waals surface area contributed by atoms with Crippen LogP contribution < -0.4 is 10.3 Å². The lowest BCUT2D eigenvalue weighted by atomic mass is 10.4. The van der Waals surface area contributed by atoms with Gasteiger partial charge in [-0.2, -0.15) is 23.5 Å². The van der Waals surface area contributed by atoms with Crippen molar-refractivity contribution in [2.45, 2.75) is 0 Å². The van der Waals surface area contributed by atoms with Crippen molar-refractivity contribution in [2.75, 3.05) is 54.2 Å². The van der Waals surface area contributed by atoms with E-state index < -0.39 is 0 Å². The molecule has 2 N–H and O–H groups in total. The van der Waals surface area contributed by atoms with Crippen LogP contribution in [0.25, 0.3) is 11.2 Å². The summed E-state index contributed by atoms with van der Waals surface area (Å²) in [7, 11) is 0. The van der Waals surface area contributed by atoms with Crippen molar-refractivity contribution < 1.29 is 19.0 Å². The first-order valence-corrected chi connectivity index (χ1v) is 10.6. The van der Waals surface area contributed by atoms with Crippen LogP contribution in [0.3, 0.4) is 0 Å². The number of hydrogen-bond acceptors (Lipinski definition) is 8. The quantitative estimate of drug-likeness (QED) is 0.518. The average Bonchev–Trinajstić information content (AvgIpc) is 2.95. The average molecular weight is 438 g/mol. The molecule has 0 unspecified atom stereocenters. The Labute approximate surface area is 156 Å². The van der Waals surface area contributed by atoms with Crippen LogP contribution in [0.4, 0.5) is 5.88 Å². The Morgan fingerprint density at radius 3 is 2.25 bits per heavy atom. The lowest BCUT2D eigenvalue weighted by molar-refractivity contribution is 0.322. The van der Waals surface area contributed by atoms with Gasteiger partial charge in [0.25, 0.3) is 0 Å². The van der Waals surface area contributed by atoms with Crippen LogP contribution in [0.2, 0.25) is 0 Å². The van der Waals surface area contributed by atoms with Gasteiger partial charge in [0.1, 0.15) is 6.26 Å². The maximum Gasteiger partial charge on any atom is 0.230 e. The van der Waals surface area contributed by atoms with Gasteiger partial charge in [-0.25, -0.2) is 0 Å². The molecule has 2 heterocycles. The zero-order valence-electron chi connectivity index (χ0n) is 13.1. The van der Waals surface area contributed by atoms with Crippen LogP contribution in [-0.2, 0) is 0 Å². The van der Waals surface area contributed by atoms with Crippen molar-refractivity contribution in [1.82, 2.24) is 0 Å². The molecule has 0 aromatic carbocycles. The summed E-state index contributed by atoms with van der Waals surface area (Å²) >= 11 is 6.62. The normalized spacial score (nSPS) is 11.3. The monoisotopic (exact) mass is 437 g/mol. The zero-order chi connectivity index (χ0) is 17.4. The Balaban J connectivity index is 2.14. The SMILES string of the molecule is O=c1cc(N(CCSCCO)CCSCCO)oc2c(Br)coc12. The third-order valence-electron chi connectivity index (χ3n) is 3.18. The molecule has 0 spiro atoms. The number of rotatable bonds is 11. The summed E-state index contributed by atoms with van der Waals surface area (Å²) in [5, 5.41) is 17.7. The van der Waals surface area contributed by atoms with E-state index in [2.05, 4.69) is 15.9 Å². The second kappa shape index (κ2) is 10.4. The Kier molecular flexibility index (Phi) is 8.54. The summed E-state index contributed by atoms with van der Waals surface area (Å²) in [6.07, 6.45) is 1.44. The van der Waals surface area contributed by atoms with E-state index in [1.54, 1.807) is 23.5 Å². The minimum absolute atomic E-state index is 0.153. The van der Waals surface area contributed by atoms with Gasteiger partial charge in [-0.3, -0.25) is 4.79 Å². The predicted molar refractivity (Wildman–Crippen MR) is 103 cm³/mol. The molecule has 0 aliphatic heterocycles. The van der Waals surface area contributed by atoms with Crippen molar-refractivity contribution in [3.8, 4) is 0 Å². The second-order valence-electron chi connectivity index (χ2n) is 4.85. The molecule has 0 saturated heterocycles. The summed E-state index contributed by atoms with van der Waals surface area (Å²) in [5.74, 6) is 3.51. The molecule has 0 amide bonds. The first-order chi connectivity index (χ1) is 11.7. The van der Waals surface area contributed by atoms with Crippen molar-refractivity contribution in [3.63, 3.8) is 0 Å². The van der Waals surface area contributed by atoms with E-state index in [9.17, 15) is 4.79 Å². The highest BCUT2D eigenvalue weighted by atomic mass is 79.9. The Bertz CT molecular complexity index is 678. The van der Waals surface area contributed by atoms with Crippen molar-refractivity contribution >= 4 is 56.5 Å². The minimum Gasteiger partial charge on any atom is -0.456 e. The van der Waals surface area contributed by atoms with Gasteiger partial charge in [0.05, 0.1) is 23.8 Å². The number of anilines is 1. The fraction of sp³-hybridized carbons (Fsp3) is 0.533. The highest BCUT2D eigenvalue weighted by Crippen LogP contribution is 2.27. The summed E-state index contributed by atoms with van der Waals surface area (Å²) in [6.45, 7) is 1.71. The van der Waals surface area contributed by atoms with E-state index in [1.807, 2.05) is 4.90 Å². The molecule has 2 rings (SSSR count). The topological polar surface area (TPSA) is 87.1 Å². The highest BCUT2D eigenvalue weighted by Gasteiger charge is 2.16. The standard InChI is InChI=1S/C15H20BrNO5S2/c16-11-10-21-15-12(20)9-13(22-14(11)15)17(1-5-23-7-3-18)2-6-24-8-4-19/h9-10,18-19H,1-8H2. The lowest BCUT2D eigenvalue weighted by Crippen LogP contribution is -2.29. The van der Waals surface area contributed by atoms with Gasteiger partial charge >= 0.3 is 0 Å². The second-order valence-corrected chi connectivity index (χ2v) is 8.15. The molecule has 2 aromatic heterocycles. The van der Waals surface area contributed by atoms with Crippen LogP contribution in [-0.4, -0.2) is 59.5 Å². The van der Waals surface area contributed by atoms with E-state index >= 15 is 0 Å². The minimum atomic E-state index is -0.215. The molecule has 0 atom stereocenters. The van der Waals surface area contributed by atoms with Crippen LogP contribution in [0.15, 0.2) is 30.4 Å². The largest absolute Gasteiger partial charge is 0.456 e. The molecule has 2 aromatic rings. The van der Waals surface area contributed by atoms with Gasteiger partial charge in [-0.05, 0) is 15.9 Å². The van der Waals surface area contributed by atoms with E-state index in [1.165, 1.54) is 12.3 Å². The van der Waals surface area contributed by atoms with Gasteiger partial charge in [0.15, 0.2) is 11.5 Å².